The van der Waals surface area contributed by atoms with E-state index in [1.807, 2.05) is 43.3 Å². The van der Waals surface area contributed by atoms with E-state index in [9.17, 15) is 4.79 Å². The molecule has 0 aliphatic carbocycles. The van der Waals surface area contributed by atoms with E-state index in [1.54, 1.807) is 0 Å². The van der Waals surface area contributed by atoms with E-state index in [-0.39, 0.29) is 0 Å². The van der Waals surface area contributed by atoms with Crippen molar-refractivity contribution in [1.29, 1.82) is 0 Å². The van der Waals surface area contributed by atoms with Crippen molar-refractivity contribution in [2.75, 3.05) is 0 Å². The van der Waals surface area contributed by atoms with Crippen molar-refractivity contribution in [2.24, 2.45) is 0 Å². The molecule has 0 aromatic heterocycles. The van der Waals surface area contributed by atoms with Crippen LogP contribution in [-0.4, -0.2) is 6.29 Å². The van der Waals surface area contributed by atoms with Crippen LogP contribution in [0.5, 0.6) is 0 Å². The molecule has 0 bridgehead atoms. The van der Waals surface area contributed by atoms with Crippen LogP contribution in [0, 0.1) is 0 Å². The summed E-state index contributed by atoms with van der Waals surface area (Å²) in [6.45, 7) is 5.70. The van der Waals surface area contributed by atoms with Crippen LogP contribution in [0.15, 0.2) is 48.1 Å². The third kappa shape index (κ3) is 3.40. The molecule has 0 radical (unpaired) electrons. The Kier molecular flexibility index (Phi) is 3.86. The average molecular weight is 186 g/mol. The number of hydrogen-bond donors (Lipinski definition) is 0. The van der Waals surface area contributed by atoms with Crippen LogP contribution >= 0.6 is 0 Å². The van der Waals surface area contributed by atoms with Gasteiger partial charge in [0.25, 0.3) is 0 Å². The summed E-state index contributed by atoms with van der Waals surface area (Å²) in [6.07, 6.45) is 3.43. The van der Waals surface area contributed by atoms with E-state index in [0.29, 0.717) is 6.42 Å². The fourth-order valence-electron chi connectivity index (χ4n) is 1.24. The molecule has 0 heterocycles. The van der Waals surface area contributed by atoms with Crippen molar-refractivity contribution in [3.8, 4) is 0 Å². The van der Waals surface area contributed by atoms with Gasteiger partial charge in [-0.25, -0.2) is 0 Å². The third-order valence-corrected chi connectivity index (χ3v) is 1.81. The Balaban J connectivity index is 2.84. The van der Waals surface area contributed by atoms with Crippen LogP contribution in [0.4, 0.5) is 0 Å². The van der Waals surface area contributed by atoms with Gasteiger partial charge in [0, 0.05) is 0 Å². The van der Waals surface area contributed by atoms with Gasteiger partial charge in [-0.3, -0.25) is 4.79 Å². The van der Waals surface area contributed by atoms with Gasteiger partial charge < -0.3 is 0 Å². The maximum Gasteiger partial charge on any atom is 0.146 e. The first kappa shape index (κ1) is 10.5. The van der Waals surface area contributed by atoms with Gasteiger partial charge in [-0.05, 0) is 30.6 Å². The van der Waals surface area contributed by atoms with Crippen molar-refractivity contribution in [1.82, 2.24) is 0 Å². The molecule has 0 saturated heterocycles. The van der Waals surface area contributed by atoms with Crippen LogP contribution in [-0.2, 0) is 4.79 Å². The summed E-state index contributed by atoms with van der Waals surface area (Å²) in [4.78, 5) is 10.7. The van der Waals surface area contributed by atoms with Crippen LogP contribution in [0.2, 0.25) is 0 Å². The van der Waals surface area contributed by atoms with Gasteiger partial charge in [0.15, 0.2) is 0 Å². The largest absolute Gasteiger partial charge is 0.298 e. The molecule has 0 amide bonds. The average Bonchev–Trinajstić information content (AvgIpc) is 2.17. The Morgan fingerprint density at radius 2 is 2.00 bits per heavy atom. The lowest BCUT2D eigenvalue weighted by Gasteiger charge is -1.99. The Morgan fingerprint density at radius 1 is 1.36 bits per heavy atom. The van der Waals surface area contributed by atoms with Gasteiger partial charge in [0.2, 0.25) is 0 Å². The van der Waals surface area contributed by atoms with E-state index >= 15 is 0 Å². The quantitative estimate of drug-likeness (QED) is 0.401. The molecule has 14 heavy (non-hydrogen) atoms. The molecule has 72 valence electrons. The lowest BCUT2D eigenvalue weighted by atomic mass is 10.1. The number of carbonyl (C=O) groups is 1. The first-order chi connectivity index (χ1) is 6.72. The Morgan fingerprint density at radius 3 is 2.50 bits per heavy atom. The Bertz CT molecular complexity index is 347. The molecule has 0 N–H and O–H groups in total. The fraction of sp³-hybridized carbons (Fsp3) is 0.154. The van der Waals surface area contributed by atoms with Gasteiger partial charge in [0.05, 0.1) is 0 Å². The van der Waals surface area contributed by atoms with Crippen molar-refractivity contribution in [2.45, 2.75) is 13.3 Å². The topological polar surface area (TPSA) is 17.1 Å². The summed E-state index contributed by atoms with van der Waals surface area (Å²) < 4.78 is 0. The molecular weight excluding hydrogens is 172 g/mol. The van der Waals surface area contributed by atoms with Gasteiger partial charge in [0.1, 0.15) is 6.29 Å². The van der Waals surface area contributed by atoms with Crippen molar-refractivity contribution < 1.29 is 4.79 Å². The molecule has 0 spiro atoms. The number of rotatable bonds is 4. The van der Waals surface area contributed by atoms with Crippen LogP contribution in [0.25, 0.3) is 6.08 Å². The zero-order chi connectivity index (χ0) is 10.4. The summed E-state index contributed by atoms with van der Waals surface area (Å²) in [6, 6.07) is 9.81. The standard InChI is InChI=1S/C13H14O/c1-11(2)8-13(10-14)9-12-6-4-3-5-7-12/h3-7,9-10H,1,8H2,2H3. The highest BCUT2D eigenvalue weighted by Gasteiger charge is 1.96. The highest BCUT2D eigenvalue weighted by atomic mass is 16.1. The molecule has 0 fully saturated rings. The fourth-order valence-corrected chi connectivity index (χ4v) is 1.24. The lowest BCUT2D eigenvalue weighted by molar-refractivity contribution is -0.104. The normalized spacial score (nSPS) is 11.1. The molecule has 0 aliphatic rings. The number of aldehydes is 1. The molecule has 1 rings (SSSR count). The second-order valence-electron chi connectivity index (χ2n) is 3.38. The molecule has 1 aromatic carbocycles. The van der Waals surface area contributed by atoms with Gasteiger partial charge in [-0.1, -0.05) is 42.5 Å². The van der Waals surface area contributed by atoms with Gasteiger partial charge in [-0.2, -0.15) is 0 Å². The minimum Gasteiger partial charge on any atom is -0.298 e. The smallest absolute Gasteiger partial charge is 0.146 e. The zero-order valence-corrected chi connectivity index (χ0v) is 8.36. The van der Waals surface area contributed by atoms with Crippen LogP contribution < -0.4 is 0 Å². The summed E-state index contributed by atoms with van der Waals surface area (Å²) >= 11 is 0. The molecule has 0 saturated carbocycles. The number of benzene rings is 1. The minimum absolute atomic E-state index is 0.651. The lowest BCUT2D eigenvalue weighted by Crippen LogP contribution is -1.86. The van der Waals surface area contributed by atoms with E-state index in [1.165, 1.54) is 0 Å². The van der Waals surface area contributed by atoms with Crippen molar-refractivity contribution >= 4 is 12.4 Å². The zero-order valence-electron chi connectivity index (χ0n) is 8.36. The van der Waals surface area contributed by atoms with Gasteiger partial charge in [-0.15, -0.1) is 0 Å². The molecule has 0 unspecified atom stereocenters. The Hall–Kier alpha value is -1.63. The number of carbonyl (C=O) groups excluding carboxylic acids is 1. The monoisotopic (exact) mass is 186 g/mol. The van der Waals surface area contributed by atoms with Crippen LogP contribution in [0.3, 0.4) is 0 Å². The maximum atomic E-state index is 10.7. The van der Waals surface area contributed by atoms with E-state index in [4.69, 9.17) is 0 Å². The highest BCUT2D eigenvalue weighted by molar-refractivity contribution is 5.82. The molecule has 1 aromatic rings. The van der Waals surface area contributed by atoms with E-state index < -0.39 is 0 Å². The second kappa shape index (κ2) is 5.18. The van der Waals surface area contributed by atoms with Crippen molar-refractivity contribution in [3.63, 3.8) is 0 Å². The molecule has 1 nitrogen and oxygen atoms in total. The van der Waals surface area contributed by atoms with Crippen LogP contribution in [0.1, 0.15) is 18.9 Å². The summed E-state index contributed by atoms with van der Waals surface area (Å²) in [5.41, 5.74) is 2.82. The first-order valence-electron chi connectivity index (χ1n) is 4.57. The predicted molar refractivity (Wildman–Crippen MR) is 59.9 cm³/mol. The SMILES string of the molecule is C=C(C)CC(C=O)=Cc1ccccc1. The maximum absolute atomic E-state index is 10.7. The molecule has 0 atom stereocenters. The highest BCUT2D eigenvalue weighted by Crippen LogP contribution is 2.11. The number of allylic oxidation sites excluding steroid dienone is 2. The molecular formula is C13H14O. The summed E-state index contributed by atoms with van der Waals surface area (Å²) in [5, 5.41) is 0. The Labute approximate surface area is 84.8 Å². The van der Waals surface area contributed by atoms with Gasteiger partial charge >= 0.3 is 0 Å². The van der Waals surface area contributed by atoms with E-state index in [0.717, 1.165) is 23.0 Å². The van der Waals surface area contributed by atoms with Crippen molar-refractivity contribution in [3.05, 3.63) is 53.6 Å². The molecule has 1 heteroatoms. The number of hydrogen-bond acceptors (Lipinski definition) is 1. The summed E-state index contributed by atoms with van der Waals surface area (Å²) in [5.74, 6) is 0. The molecule has 0 aliphatic heterocycles. The minimum atomic E-state index is 0.651. The third-order valence-electron chi connectivity index (χ3n) is 1.81. The predicted octanol–water partition coefficient (Wildman–Crippen LogP) is 3.24. The van der Waals surface area contributed by atoms with E-state index in [2.05, 4.69) is 6.58 Å². The summed E-state index contributed by atoms with van der Waals surface area (Å²) in [7, 11) is 0. The first-order valence-corrected chi connectivity index (χ1v) is 4.57. The second-order valence-corrected chi connectivity index (χ2v) is 3.38.